The van der Waals surface area contributed by atoms with Crippen LogP contribution < -0.4 is 4.74 Å². The summed E-state index contributed by atoms with van der Waals surface area (Å²) in [7, 11) is 0. The fourth-order valence-corrected chi connectivity index (χ4v) is 3.89. The Balaban J connectivity index is 1.71. The van der Waals surface area contributed by atoms with Crippen LogP contribution in [0.1, 0.15) is 25.3 Å². The number of carbonyl (C=O) groups excluding carboxylic acids is 1. The lowest BCUT2D eigenvalue weighted by Gasteiger charge is -2.04. The van der Waals surface area contributed by atoms with E-state index in [1.54, 1.807) is 23.1 Å². The molecule has 0 saturated heterocycles. The SMILES string of the molecule is CCC(=O)CCc1ccc(Oc2nc3c(SC)cccc3s2)cc1. The first kappa shape index (κ1) is 17.0. The van der Waals surface area contributed by atoms with Crippen molar-refractivity contribution in [1.29, 1.82) is 0 Å². The van der Waals surface area contributed by atoms with Crippen LogP contribution in [0.25, 0.3) is 10.2 Å². The monoisotopic (exact) mass is 357 g/mol. The Morgan fingerprint density at radius 1 is 1.21 bits per heavy atom. The van der Waals surface area contributed by atoms with Crippen molar-refractivity contribution in [2.24, 2.45) is 0 Å². The predicted molar refractivity (Wildman–Crippen MR) is 102 cm³/mol. The average Bonchev–Trinajstić information content (AvgIpc) is 3.03. The fraction of sp³-hybridized carbons (Fsp3) is 0.263. The first-order chi connectivity index (χ1) is 11.7. The van der Waals surface area contributed by atoms with Crippen molar-refractivity contribution < 1.29 is 9.53 Å². The number of thiazole rings is 1. The smallest absolute Gasteiger partial charge is 0.279 e. The van der Waals surface area contributed by atoms with Crippen LogP contribution in [0.2, 0.25) is 0 Å². The van der Waals surface area contributed by atoms with Gasteiger partial charge >= 0.3 is 0 Å². The molecule has 2 aromatic carbocycles. The van der Waals surface area contributed by atoms with Crippen molar-refractivity contribution in [2.45, 2.75) is 31.1 Å². The molecule has 0 bridgehead atoms. The number of ether oxygens (including phenoxy) is 1. The van der Waals surface area contributed by atoms with Gasteiger partial charge in [0.25, 0.3) is 5.19 Å². The minimum atomic E-state index is 0.300. The van der Waals surface area contributed by atoms with Crippen molar-refractivity contribution in [2.75, 3.05) is 6.26 Å². The number of rotatable bonds is 7. The molecule has 0 aliphatic heterocycles. The Labute approximate surface area is 150 Å². The molecule has 5 heteroatoms. The lowest BCUT2D eigenvalue weighted by molar-refractivity contribution is -0.118. The molecule has 3 nitrogen and oxygen atoms in total. The van der Waals surface area contributed by atoms with Gasteiger partial charge in [-0.05, 0) is 42.5 Å². The summed E-state index contributed by atoms with van der Waals surface area (Å²) in [6.07, 6.45) is 4.05. The Morgan fingerprint density at radius 2 is 2.00 bits per heavy atom. The van der Waals surface area contributed by atoms with Crippen LogP contribution in [-0.2, 0) is 11.2 Å². The average molecular weight is 358 g/mol. The summed E-state index contributed by atoms with van der Waals surface area (Å²) in [5.74, 6) is 1.07. The number of benzene rings is 2. The van der Waals surface area contributed by atoms with E-state index in [0.29, 0.717) is 23.8 Å². The number of Topliss-reactive ketones (excluding diaryl/α,β-unsaturated/α-hetero) is 1. The third-order valence-electron chi connectivity index (χ3n) is 3.80. The number of fused-ring (bicyclic) bond motifs is 1. The van der Waals surface area contributed by atoms with E-state index >= 15 is 0 Å². The first-order valence-electron chi connectivity index (χ1n) is 7.91. The second-order valence-electron chi connectivity index (χ2n) is 5.43. The Hall–Kier alpha value is -1.85. The first-order valence-corrected chi connectivity index (χ1v) is 9.95. The number of aryl methyl sites for hydroxylation is 1. The van der Waals surface area contributed by atoms with Crippen molar-refractivity contribution >= 4 is 39.1 Å². The molecular weight excluding hydrogens is 338 g/mol. The van der Waals surface area contributed by atoms with Gasteiger partial charge in [-0.3, -0.25) is 4.79 Å². The number of hydrogen-bond acceptors (Lipinski definition) is 5. The van der Waals surface area contributed by atoms with Crippen LogP contribution in [0.5, 0.6) is 10.9 Å². The highest BCUT2D eigenvalue weighted by Crippen LogP contribution is 2.35. The molecule has 0 saturated carbocycles. The van der Waals surface area contributed by atoms with Gasteiger partial charge in [0, 0.05) is 17.7 Å². The third kappa shape index (κ3) is 3.97. The van der Waals surface area contributed by atoms with Gasteiger partial charge in [0.1, 0.15) is 11.5 Å². The zero-order valence-corrected chi connectivity index (χ0v) is 15.4. The highest BCUT2D eigenvalue weighted by atomic mass is 32.2. The number of carbonyl (C=O) groups is 1. The van der Waals surface area contributed by atoms with Gasteiger partial charge in [-0.1, -0.05) is 36.5 Å². The fourth-order valence-electron chi connectivity index (χ4n) is 2.40. The van der Waals surface area contributed by atoms with Gasteiger partial charge < -0.3 is 4.74 Å². The third-order valence-corrected chi connectivity index (χ3v) is 5.47. The summed E-state index contributed by atoms with van der Waals surface area (Å²) in [4.78, 5) is 17.2. The molecule has 0 amide bonds. The number of thioether (sulfide) groups is 1. The zero-order valence-electron chi connectivity index (χ0n) is 13.7. The van der Waals surface area contributed by atoms with Gasteiger partial charge in [0.2, 0.25) is 0 Å². The van der Waals surface area contributed by atoms with Crippen molar-refractivity contribution in [3.05, 3.63) is 48.0 Å². The predicted octanol–water partition coefficient (Wildman–Crippen LogP) is 5.72. The minimum Gasteiger partial charge on any atom is -0.431 e. The molecular formula is C19H19NO2S2. The quantitative estimate of drug-likeness (QED) is 0.507. The van der Waals surface area contributed by atoms with Gasteiger partial charge in [0.05, 0.1) is 10.2 Å². The summed E-state index contributed by atoms with van der Waals surface area (Å²) < 4.78 is 7.03. The standard InChI is InChI=1S/C19H19NO2S2/c1-3-14(21)10-7-13-8-11-15(12-9-13)22-19-20-18-16(23-2)5-4-6-17(18)24-19/h4-6,8-9,11-12H,3,7,10H2,1-2H3. The van der Waals surface area contributed by atoms with Gasteiger partial charge in [-0.15, -0.1) is 11.8 Å². The second-order valence-corrected chi connectivity index (χ2v) is 7.27. The summed E-state index contributed by atoms with van der Waals surface area (Å²) in [5.41, 5.74) is 2.15. The molecule has 0 spiro atoms. The summed E-state index contributed by atoms with van der Waals surface area (Å²) >= 11 is 3.24. The molecule has 3 rings (SSSR count). The lowest BCUT2D eigenvalue weighted by Crippen LogP contribution is -1.97. The second kappa shape index (κ2) is 7.81. The maximum absolute atomic E-state index is 11.4. The maximum atomic E-state index is 11.4. The Morgan fingerprint density at radius 3 is 2.71 bits per heavy atom. The van der Waals surface area contributed by atoms with E-state index in [4.69, 9.17) is 4.74 Å². The number of aromatic nitrogens is 1. The maximum Gasteiger partial charge on any atom is 0.279 e. The number of ketones is 1. The normalized spacial score (nSPS) is 10.9. The summed E-state index contributed by atoms with van der Waals surface area (Å²) in [6, 6.07) is 14.1. The molecule has 0 aliphatic rings. The molecule has 124 valence electrons. The van der Waals surface area contributed by atoms with Crippen molar-refractivity contribution in [1.82, 2.24) is 4.98 Å². The van der Waals surface area contributed by atoms with Crippen LogP contribution in [0.4, 0.5) is 0 Å². The van der Waals surface area contributed by atoms with E-state index in [-0.39, 0.29) is 0 Å². The van der Waals surface area contributed by atoms with Crippen molar-refractivity contribution in [3.8, 4) is 10.9 Å². The minimum absolute atomic E-state index is 0.300. The van der Waals surface area contributed by atoms with Crippen LogP contribution >= 0.6 is 23.1 Å². The number of para-hydroxylation sites is 1. The van der Waals surface area contributed by atoms with Gasteiger partial charge in [-0.25, -0.2) is 4.98 Å². The number of nitrogens with zero attached hydrogens (tertiary/aromatic N) is 1. The van der Waals surface area contributed by atoms with E-state index in [2.05, 4.69) is 23.4 Å². The van der Waals surface area contributed by atoms with E-state index < -0.39 is 0 Å². The zero-order chi connectivity index (χ0) is 16.9. The molecule has 1 aromatic heterocycles. The van der Waals surface area contributed by atoms with E-state index in [0.717, 1.165) is 32.8 Å². The molecule has 0 aliphatic carbocycles. The molecule has 0 atom stereocenters. The highest BCUT2D eigenvalue weighted by molar-refractivity contribution is 7.98. The molecule has 3 aromatic rings. The van der Waals surface area contributed by atoms with E-state index in [1.165, 1.54) is 0 Å². The van der Waals surface area contributed by atoms with E-state index in [9.17, 15) is 4.79 Å². The van der Waals surface area contributed by atoms with Crippen LogP contribution in [0.15, 0.2) is 47.4 Å². The van der Waals surface area contributed by atoms with Crippen LogP contribution in [0.3, 0.4) is 0 Å². The molecule has 1 heterocycles. The van der Waals surface area contributed by atoms with Crippen molar-refractivity contribution in [3.63, 3.8) is 0 Å². The number of hydrogen-bond donors (Lipinski definition) is 0. The van der Waals surface area contributed by atoms with Crippen LogP contribution in [-0.4, -0.2) is 17.0 Å². The largest absolute Gasteiger partial charge is 0.431 e. The molecule has 0 unspecified atom stereocenters. The molecule has 0 fully saturated rings. The lowest BCUT2D eigenvalue weighted by atomic mass is 10.1. The van der Waals surface area contributed by atoms with Gasteiger partial charge in [0.15, 0.2) is 0 Å². The van der Waals surface area contributed by atoms with E-state index in [1.807, 2.05) is 37.3 Å². The van der Waals surface area contributed by atoms with Gasteiger partial charge in [-0.2, -0.15) is 0 Å². The molecule has 0 radical (unpaired) electrons. The Kier molecular flexibility index (Phi) is 5.53. The molecule has 0 N–H and O–H groups in total. The topological polar surface area (TPSA) is 39.2 Å². The Bertz CT molecular complexity index is 840. The highest BCUT2D eigenvalue weighted by Gasteiger charge is 2.09. The van der Waals surface area contributed by atoms with Crippen LogP contribution in [0, 0.1) is 0 Å². The summed E-state index contributed by atoms with van der Waals surface area (Å²) in [6.45, 7) is 1.90. The summed E-state index contributed by atoms with van der Waals surface area (Å²) in [5, 5.41) is 0.653. The molecule has 24 heavy (non-hydrogen) atoms.